The summed E-state index contributed by atoms with van der Waals surface area (Å²) < 4.78 is 0. The first-order valence-electron chi connectivity index (χ1n) is 8.50. The lowest BCUT2D eigenvalue weighted by Crippen LogP contribution is -2.43. The molecule has 0 aromatic carbocycles. The van der Waals surface area contributed by atoms with Gasteiger partial charge in [0, 0.05) is 32.1 Å². The molecule has 0 aliphatic carbocycles. The summed E-state index contributed by atoms with van der Waals surface area (Å²) in [4.78, 5) is 16.5. The molecule has 1 aromatic heterocycles. The van der Waals surface area contributed by atoms with Gasteiger partial charge in [-0.2, -0.15) is 5.10 Å². The minimum Gasteiger partial charge on any atom is -0.355 e. The second kappa shape index (κ2) is 6.85. The van der Waals surface area contributed by atoms with E-state index in [-0.39, 0.29) is 11.3 Å². The molecule has 1 aromatic rings. The number of anilines is 1. The van der Waals surface area contributed by atoms with Gasteiger partial charge in [-0.1, -0.05) is 20.8 Å². The molecule has 2 rings (SSSR count). The predicted octanol–water partition coefficient (Wildman–Crippen LogP) is 2.81. The van der Waals surface area contributed by atoms with Gasteiger partial charge >= 0.3 is 0 Å². The summed E-state index contributed by atoms with van der Waals surface area (Å²) in [6.07, 6.45) is 2.19. The minimum absolute atomic E-state index is 0.222. The van der Waals surface area contributed by atoms with Crippen LogP contribution in [-0.2, 0) is 4.79 Å². The van der Waals surface area contributed by atoms with Crippen molar-refractivity contribution in [3.05, 3.63) is 17.3 Å². The molecule has 128 valence electrons. The SMILES string of the molecule is Cc1cc(N2CCC(CN(C)C(=O)C(C)(C)C)CC2)nnc1C. The van der Waals surface area contributed by atoms with Gasteiger partial charge in [0.1, 0.15) is 0 Å². The molecule has 0 N–H and O–H groups in total. The zero-order valence-electron chi connectivity index (χ0n) is 15.4. The molecular formula is C18H30N4O. The van der Waals surface area contributed by atoms with Crippen LogP contribution in [0.15, 0.2) is 6.07 Å². The van der Waals surface area contributed by atoms with E-state index >= 15 is 0 Å². The summed E-state index contributed by atoms with van der Waals surface area (Å²) in [6.45, 7) is 12.8. The first-order valence-corrected chi connectivity index (χ1v) is 8.50. The van der Waals surface area contributed by atoms with Gasteiger partial charge in [0.15, 0.2) is 5.82 Å². The highest BCUT2D eigenvalue weighted by atomic mass is 16.2. The van der Waals surface area contributed by atoms with Crippen LogP contribution in [0.5, 0.6) is 0 Å². The molecule has 0 radical (unpaired) electrons. The van der Waals surface area contributed by atoms with Crippen LogP contribution in [0, 0.1) is 25.2 Å². The maximum Gasteiger partial charge on any atom is 0.227 e. The molecule has 1 fully saturated rings. The van der Waals surface area contributed by atoms with E-state index < -0.39 is 0 Å². The lowest BCUT2D eigenvalue weighted by atomic mass is 9.92. The Morgan fingerprint density at radius 1 is 1.26 bits per heavy atom. The average Bonchev–Trinajstić information content (AvgIpc) is 2.49. The zero-order chi connectivity index (χ0) is 17.2. The fourth-order valence-corrected chi connectivity index (χ4v) is 3.07. The van der Waals surface area contributed by atoms with Crippen molar-refractivity contribution in [1.29, 1.82) is 0 Å². The Morgan fingerprint density at radius 3 is 2.39 bits per heavy atom. The van der Waals surface area contributed by atoms with Crippen molar-refractivity contribution < 1.29 is 4.79 Å². The van der Waals surface area contributed by atoms with Crippen molar-refractivity contribution in [3.8, 4) is 0 Å². The first-order chi connectivity index (χ1) is 10.7. The van der Waals surface area contributed by atoms with Crippen molar-refractivity contribution in [2.75, 3.05) is 31.6 Å². The molecule has 0 saturated carbocycles. The van der Waals surface area contributed by atoms with Crippen molar-refractivity contribution in [1.82, 2.24) is 15.1 Å². The summed E-state index contributed by atoms with van der Waals surface area (Å²) in [5.74, 6) is 1.77. The number of hydrogen-bond donors (Lipinski definition) is 0. The van der Waals surface area contributed by atoms with Crippen molar-refractivity contribution in [2.45, 2.75) is 47.5 Å². The molecule has 0 bridgehead atoms. The molecule has 1 amide bonds. The van der Waals surface area contributed by atoms with E-state index in [2.05, 4.69) is 28.1 Å². The van der Waals surface area contributed by atoms with E-state index in [9.17, 15) is 4.79 Å². The van der Waals surface area contributed by atoms with Crippen LogP contribution in [-0.4, -0.2) is 47.7 Å². The maximum atomic E-state index is 12.3. The number of amides is 1. The minimum atomic E-state index is -0.301. The fraction of sp³-hybridized carbons (Fsp3) is 0.722. The molecular weight excluding hydrogens is 288 g/mol. The van der Waals surface area contributed by atoms with Crippen molar-refractivity contribution in [3.63, 3.8) is 0 Å². The molecule has 5 nitrogen and oxygen atoms in total. The fourth-order valence-electron chi connectivity index (χ4n) is 3.07. The zero-order valence-corrected chi connectivity index (χ0v) is 15.4. The monoisotopic (exact) mass is 318 g/mol. The quantitative estimate of drug-likeness (QED) is 0.860. The van der Waals surface area contributed by atoms with Crippen LogP contribution in [0.1, 0.15) is 44.9 Å². The van der Waals surface area contributed by atoms with Gasteiger partial charge in [-0.25, -0.2) is 0 Å². The number of nitrogens with zero attached hydrogens (tertiary/aromatic N) is 4. The second-order valence-corrected chi connectivity index (χ2v) is 7.84. The molecule has 1 aliphatic heterocycles. The Hall–Kier alpha value is -1.65. The Morgan fingerprint density at radius 2 is 1.87 bits per heavy atom. The summed E-state index contributed by atoms with van der Waals surface area (Å²) in [5.41, 5.74) is 1.88. The topological polar surface area (TPSA) is 49.3 Å². The highest BCUT2D eigenvalue weighted by Gasteiger charge is 2.28. The van der Waals surface area contributed by atoms with Crippen LogP contribution < -0.4 is 4.90 Å². The molecule has 1 aliphatic rings. The van der Waals surface area contributed by atoms with Gasteiger partial charge in [0.05, 0.1) is 5.69 Å². The van der Waals surface area contributed by atoms with Gasteiger partial charge in [-0.05, 0) is 44.2 Å². The van der Waals surface area contributed by atoms with E-state index in [0.29, 0.717) is 5.92 Å². The van der Waals surface area contributed by atoms with E-state index in [1.54, 1.807) is 0 Å². The van der Waals surface area contributed by atoms with Crippen LogP contribution in [0.2, 0.25) is 0 Å². The molecule has 0 atom stereocenters. The third-order valence-corrected chi connectivity index (χ3v) is 4.68. The van der Waals surface area contributed by atoms with Gasteiger partial charge < -0.3 is 9.80 Å². The lowest BCUT2D eigenvalue weighted by molar-refractivity contribution is -0.138. The Kier molecular flexibility index (Phi) is 5.27. The lowest BCUT2D eigenvalue weighted by Gasteiger charge is -2.35. The normalized spacial score (nSPS) is 16.5. The third-order valence-electron chi connectivity index (χ3n) is 4.68. The first kappa shape index (κ1) is 17.7. The van der Waals surface area contributed by atoms with Crippen molar-refractivity contribution in [2.24, 2.45) is 11.3 Å². The van der Waals surface area contributed by atoms with Crippen molar-refractivity contribution >= 4 is 11.7 Å². The number of aromatic nitrogens is 2. The molecule has 23 heavy (non-hydrogen) atoms. The maximum absolute atomic E-state index is 12.3. The Balaban J connectivity index is 1.88. The van der Waals surface area contributed by atoms with Crippen LogP contribution in [0.3, 0.4) is 0 Å². The Labute approximate surface area is 140 Å². The van der Waals surface area contributed by atoms with E-state index in [4.69, 9.17) is 0 Å². The number of piperidine rings is 1. The standard InChI is InChI=1S/C18H30N4O/c1-13-11-16(20-19-14(13)2)22-9-7-15(8-10-22)12-21(6)17(23)18(3,4)5/h11,15H,7-10,12H2,1-6H3. The second-order valence-electron chi connectivity index (χ2n) is 7.84. The number of rotatable bonds is 3. The summed E-state index contributed by atoms with van der Waals surface area (Å²) in [7, 11) is 1.93. The van der Waals surface area contributed by atoms with Gasteiger partial charge in [0.25, 0.3) is 0 Å². The van der Waals surface area contributed by atoms with Crippen LogP contribution in [0.25, 0.3) is 0 Å². The van der Waals surface area contributed by atoms with E-state index in [1.165, 1.54) is 5.56 Å². The van der Waals surface area contributed by atoms with E-state index in [1.807, 2.05) is 39.6 Å². The molecule has 0 unspecified atom stereocenters. The predicted molar refractivity (Wildman–Crippen MR) is 93.5 cm³/mol. The van der Waals surface area contributed by atoms with Gasteiger partial charge in [-0.15, -0.1) is 5.10 Å². The van der Waals surface area contributed by atoms with E-state index in [0.717, 1.165) is 44.0 Å². The number of hydrogen-bond acceptors (Lipinski definition) is 4. The van der Waals surface area contributed by atoms with Gasteiger partial charge in [-0.3, -0.25) is 4.79 Å². The van der Waals surface area contributed by atoms with Crippen LogP contribution >= 0.6 is 0 Å². The third kappa shape index (κ3) is 4.43. The summed E-state index contributed by atoms with van der Waals surface area (Å²) in [5, 5.41) is 8.55. The van der Waals surface area contributed by atoms with Gasteiger partial charge in [0.2, 0.25) is 5.91 Å². The number of carbonyl (C=O) groups is 1. The highest BCUT2D eigenvalue weighted by Crippen LogP contribution is 2.24. The molecule has 5 heteroatoms. The summed E-state index contributed by atoms with van der Waals surface area (Å²) in [6, 6.07) is 2.12. The molecule has 2 heterocycles. The Bertz CT molecular complexity index is 557. The summed E-state index contributed by atoms with van der Waals surface area (Å²) >= 11 is 0. The van der Waals surface area contributed by atoms with Crippen LogP contribution in [0.4, 0.5) is 5.82 Å². The largest absolute Gasteiger partial charge is 0.355 e. The molecule has 0 spiro atoms. The number of aryl methyl sites for hydroxylation is 2. The molecule has 1 saturated heterocycles. The average molecular weight is 318 g/mol. The smallest absolute Gasteiger partial charge is 0.227 e. The highest BCUT2D eigenvalue weighted by molar-refractivity contribution is 5.81. The number of carbonyl (C=O) groups excluding carboxylic acids is 1.